The molecule has 0 bridgehead atoms. The van der Waals surface area contributed by atoms with Crippen molar-refractivity contribution in [1.82, 2.24) is 14.9 Å². The Morgan fingerprint density at radius 1 is 1.38 bits per heavy atom. The van der Waals surface area contributed by atoms with Crippen LogP contribution in [0, 0.1) is 11.3 Å². The third-order valence-electron chi connectivity index (χ3n) is 4.99. The maximum Gasteiger partial charge on any atom is 0.245 e. The average Bonchev–Trinajstić information content (AvgIpc) is 3.35. The smallest absolute Gasteiger partial charge is 0.245 e. The summed E-state index contributed by atoms with van der Waals surface area (Å²) in [6.45, 7) is 2.52. The molecule has 24 heavy (non-hydrogen) atoms. The standard InChI is InChI=1S/C17H19N5OS/c18-10-12-4-9-24-17(12)22-8-3-14(16(22)23)21-7-1-2-13(11-21)15-19-5-6-20-15/h4-6,9,13-14H,1-3,7-8,11H2,(H,19,20)/t13-,14+/m1/s1. The van der Waals surface area contributed by atoms with Crippen LogP contribution in [-0.2, 0) is 4.79 Å². The lowest BCUT2D eigenvalue weighted by molar-refractivity contribution is -0.122. The van der Waals surface area contributed by atoms with Crippen LogP contribution in [0.3, 0.4) is 0 Å². The minimum absolute atomic E-state index is 0.0728. The molecule has 6 nitrogen and oxygen atoms in total. The highest BCUT2D eigenvalue weighted by Crippen LogP contribution is 2.34. The minimum Gasteiger partial charge on any atom is -0.348 e. The number of nitriles is 1. The summed E-state index contributed by atoms with van der Waals surface area (Å²) in [6, 6.07) is 3.90. The van der Waals surface area contributed by atoms with E-state index in [0.29, 0.717) is 18.0 Å². The van der Waals surface area contributed by atoms with Crippen molar-refractivity contribution in [1.29, 1.82) is 5.26 Å². The fourth-order valence-corrected chi connectivity index (χ4v) is 4.70. The molecule has 2 aromatic rings. The van der Waals surface area contributed by atoms with Crippen molar-refractivity contribution in [3.8, 4) is 6.07 Å². The molecule has 4 heterocycles. The Hall–Kier alpha value is -2.17. The van der Waals surface area contributed by atoms with Gasteiger partial charge in [0.15, 0.2) is 0 Å². The number of aromatic nitrogens is 2. The molecule has 2 aromatic heterocycles. The molecule has 0 aromatic carbocycles. The Labute approximate surface area is 144 Å². The summed E-state index contributed by atoms with van der Waals surface area (Å²) in [5.74, 6) is 1.52. The fraction of sp³-hybridized carbons (Fsp3) is 0.471. The molecular weight excluding hydrogens is 322 g/mol. The lowest BCUT2D eigenvalue weighted by atomic mass is 9.95. The average molecular weight is 341 g/mol. The molecule has 0 saturated carbocycles. The SMILES string of the molecule is N#Cc1ccsc1N1CC[C@H](N2CCC[C@@H](c3ncc[nH]3)C2)C1=O. The molecular formula is C17H19N5OS. The van der Waals surface area contributed by atoms with Crippen LogP contribution in [0.5, 0.6) is 0 Å². The van der Waals surface area contributed by atoms with Crippen LogP contribution in [0.25, 0.3) is 0 Å². The van der Waals surface area contributed by atoms with Crippen LogP contribution in [0.2, 0.25) is 0 Å². The number of hydrogen-bond acceptors (Lipinski definition) is 5. The zero-order valence-corrected chi connectivity index (χ0v) is 14.1. The number of nitrogens with one attached hydrogen (secondary N) is 1. The highest BCUT2D eigenvalue weighted by atomic mass is 32.1. The van der Waals surface area contributed by atoms with E-state index in [2.05, 4.69) is 20.9 Å². The second-order valence-electron chi connectivity index (χ2n) is 6.35. The Morgan fingerprint density at radius 3 is 3.08 bits per heavy atom. The Balaban J connectivity index is 1.49. The number of carbonyl (C=O) groups is 1. The van der Waals surface area contributed by atoms with Gasteiger partial charge in [0.25, 0.3) is 0 Å². The summed E-state index contributed by atoms with van der Waals surface area (Å²) < 4.78 is 0. The zero-order chi connectivity index (χ0) is 16.5. The van der Waals surface area contributed by atoms with Gasteiger partial charge in [0, 0.05) is 31.4 Å². The molecule has 2 aliphatic rings. The number of rotatable bonds is 3. The summed E-state index contributed by atoms with van der Waals surface area (Å²) in [6.07, 6.45) is 6.66. The monoisotopic (exact) mass is 341 g/mol. The van der Waals surface area contributed by atoms with Crippen molar-refractivity contribution < 1.29 is 4.79 Å². The summed E-state index contributed by atoms with van der Waals surface area (Å²) in [5, 5.41) is 11.9. The highest BCUT2D eigenvalue weighted by molar-refractivity contribution is 7.14. The van der Waals surface area contributed by atoms with Gasteiger partial charge in [-0.15, -0.1) is 11.3 Å². The molecule has 0 spiro atoms. The molecule has 0 unspecified atom stereocenters. The van der Waals surface area contributed by atoms with Crippen molar-refractivity contribution in [3.63, 3.8) is 0 Å². The largest absolute Gasteiger partial charge is 0.348 e. The Kier molecular flexibility index (Phi) is 4.08. The minimum atomic E-state index is -0.0728. The number of anilines is 1. The van der Waals surface area contributed by atoms with E-state index in [1.807, 2.05) is 11.6 Å². The predicted molar refractivity (Wildman–Crippen MR) is 91.9 cm³/mol. The number of amides is 1. The Morgan fingerprint density at radius 2 is 2.29 bits per heavy atom. The van der Waals surface area contributed by atoms with Gasteiger partial charge in [-0.2, -0.15) is 5.26 Å². The van der Waals surface area contributed by atoms with E-state index in [0.717, 1.165) is 43.2 Å². The second-order valence-corrected chi connectivity index (χ2v) is 7.25. The number of thiophene rings is 1. The van der Waals surface area contributed by atoms with E-state index in [4.69, 9.17) is 0 Å². The van der Waals surface area contributed by atoms with Crippen molar-refractivity contribution in [2.75, 3.05) is 24.5 Å². The van der Waals surface area contributed by atoms with E-state index >= 15 is 0 Å². The summed E-state index contributed by atoms with van der Waals surface area (Å²) >= 11 is 1.47. The van der Waals surface area contributed by atoms with Crippen LogP contribution in [0.1, 0.15) is 36.6 Å². The van der Waals surface area contributed by atoms with Gasteiger partial charge in [0.1, 0.15) is 16.9 Å². The number of H-pyrrole nitrogens is 1. The Bertz CT molecular complexity index is 762. The third kappa shape index (κ3) is 2.62. The van der Waals surface area contributed by atoms with Crippen molar-refractivity contribution in [2.24, 2.45) is 0 Å². The second kappa shape index (κ2) is 6.38. The first kappa shape index (κ1) is 15.4. The number of aromatic amines is 1. The van der Waals surface area contributed by atoms with Gasteiger partial charge in [-0.3, -0.25) is 9.69 Å². The maximum atomic E-state index is 12.9. The van der Waals surface area contributed by atoms with Gasteiger partial charge < -0.3 is 9.88 Å². The molecule has 7 heteroatoms. The summed E-state index contributed by atoms with van der Waals surface area (Å²) in [4.78, 5) is 24.6. The van der Waals surface area contributed by atoms with E-state index in [1.54, 1.807) is 17.2 Å². The first-order chi connectivity index (χ1) is 11.8. The van der Waals surface area contributed by atoms with Gasteiger partial charge in [0.2, 0.25) is 5.91 Å². The topological polar surface area (TPSA) is 76.0 Å². The lowest BCUT2D eigenvalue weighted by Gasteiger charge is -2.35. The normalized spacial score (nSPS) is 25.1. The van der Waals surface area contributed by atoms with Crippen LogP contribution < -0.4 is 4.90 Å². The van der Waals surface area contributed by atoms with Gasteiger partial charge in [-0.1, -0.05) is 0 Å². The fourth-order valence-electron chi connectivity index (χ4n) is 3.81. The summed E-state index contributed by atoms with van der Waals surface area (Å²) in [7, 11) is 0. The van der Waals surface area contributed by atoms with E-state index < -0.39 is 0 Å². The van der Waals surface area contributed by atoms with Gasteiger partial charge in [-0.25, -0.2) is 4.98 Å². The maximum absolute atomic E-state index is 12.9. The van der Waals surface area contributed by atoms with Crippen molar-refractivity contribution in [3.05, 3.63) is 35.2 Å². The molecule has 2 fully saturated rings. The molecule has 1 amide bonds. The lowest BCUT2D eigenvalue weighted by Crippen LogP contribution is -2.46. The highest BCUT2D eigenvalue weighted by Gasteiger charge is 2.39. The molecule has 0 radical (unpaired) electrons. The molecule has 124 valence electrons. The van der Waals surface area contributed by atoms with Crippen LogP contribution in [0.15, 0.2) is 23.8 Å². The van der Waals surface area contributed by atoms with Crippen molar-refractivity contribution in [2.45, 2.75) is 31.2 Å². The quantitative estimate of drug-likeness (QED) is 0.929. The zero-order valence-electron chi connectivity index (χ0n) is 13.3. The van der Waals surface area contributed by atoms with Crippen LogP contribution in [-0.4, -0.2) is 46.5 Å². The molecule has 1 N–H and O–H groups in total. The number of carbonyl (C=O) groups excluding carboxylic acids is 1. The molecule has 2 saturated heterocycles. The van der Waals surface area contributed by atoms with E-state index in [9.17, 15) is 10.1 Å². The van der Waals surface area contributed by atoms with E-state index in [-0.39, 0.29) is 11.9 Å². The first-order valence-corrected chi connectivity index (χ1v) is 9.18. The number of likely N-dealkylation sites (tertiary alicyclic amines) is 1. The van der Waals surface area contributed by atoms with Crippen molar-refractivity contribution >= 4 is 22.2 Å². The molecule has 2 atom stereocenters. The third-order valence-corrected chi connectivity index (χ3v) is 5.92. The predicted octanol–water partition coefficient (Wildman–Crippen LogP) is 2.33. The number of piperidine rings is 1. The number of hydrogen-bond donors (Lipinski definition) is 1. The van der Waals surface area contributed by atoms with E-state index in [1.165, 1.54) is 11.3 Å². The van der Waals surface area contributed by atoms with Gasteiger partial charge in [0.05, 0.1) is 11.6 Å². The molecule has 2 aliphatic heterocycles. The summed E-state index contributed by atoms with van der Waals surface area (Å²) in [5.41, 5.74) is 0.598. The first-order valence-electron chi connectivity index (χ1n) is 8.30. The number of nitrogens with zero attached hydrogens (tertiary/aromatic N) is 4. The van der Waals surface area contributed by atoms with Crippen LogP contribution >= 0.6 is 11.3 Å². The van der Waals surface area contributed by atoms with Gasteiger partial charge >= 0.3 is 0 Å². The molecule has 0 aliphatic carbocycles. The molecule has 4 rings (SSSR count). The van der Waals surface area contributed by atoms with Crippen LogP contribution in [0.4, 0.5) is 5.00 Å². The number of imidazole rings is 1. The van der Waals surface area contributed by atoms with Gasteiger partial charge in [-0.05, 0) is 37.3 Å².